The number of nitro groups is 1. The maximum Gasteiger partial charge on any atom is 0.311 e. The fourth-order valence-electron chi connectivity index (χ4n) is 1.80. The van der Waals surface area contributed by atoms with Gasteiger partial charge in [-0.25, -0.2) is 4.39 Å². The molecule has 0 aliphatic heterocycles. The third kappa shape index (κ3) is 2.75. The molecule has 0 fully saturated rings. The van der Waals surface area contributed by atoms with Crippen molar-refractivity contribution in [1.29, 1.82) is 0 Å². The highest BCUT2D eigenvalue weighted by Crippen LogP contribution is 2.34. The number of rotatable bonds is 4. The van der Waals surface area contributed by atoms with E-state index < -0.39 is 10.7 Å². The SMILES string of the molecule is Cc1ccc([N+](=O)[O-])c(Oc2cccc(F)c2CN)c1. The number of ether oxygens (including phenoxy) is 1. The quantitative estimate of drug-likeness (QED) is 0.686. The fraction of sp³-hybridized carbons (Fsp3) is 0.143. The molecular weight excluding hydrogens is 263 g/mol. The molecule has 0 amide bonds. The molecule has 0 radical (unpaired) electrons. The summed E-state index contributed by atoms with van der Waals surface area (Å²) in [7, 11) is 0. The van der Waals surface area contributed by atoms with Crippen LogP contribution in [0.4, 0.5) is 10.1 Å². The van der Waals surface area contributed by atoms with Crippen LogP contribution in [0.3, 0.4) is 0 Å². The highest BCUT2D eigenvalue weighted by molar-refractivity contribution is 5.51. The number of nitrogens with two attached hydrogens (primary N) is 1. The summed E-state index contributed by atoms with van der Waals surface area (Å²) in [5, 5.41) is 11.0. The molecule has 0 saturated carbocycles. The smallest absolute Gasteiger partial charge is 0.311 e. The van der Waals surface area contributed by atoms with Gasteiger partial charge in [0, 0.05) is 18.2 Å². The van der Waals surface area contributed by atoms with E-state index in [1.165, 1.54) is 30.3 Å². The van der Waals surface area contributed by atoms with Crippen LogP contribution in [0.2, 0.25) is 0 Å². The predicted octanol–water partition coefficient (Wildman–Crippen LogP) is 3.29. The van der Waals surface area contributed by atoms with Crippen molar-refractivity contribution in [3.05, 3.63) is 63.5 Å². The molecule has 6 heteroatoms. The van der Waals surface area contributed by atoms with Gasteiger partial charge in [-0.05, 0) is 30.7 Å². The van der Waals surface area contributed by atoms with Gasteiger partial charge in [0.1, 0.15) is 11.6 Å². The summed E-state index contributed by atoms with van der Waals surface area (Å²) >= 11 is 0. The van der Waals surface area contributed by atoms with Crippen molar-refractivity contribution < 1.29 is 14.1 Å². The lowest BCUT2D eigenvalue weighted by Gasteiger charge is -2.11. The van der Waals surface area contributed by atoms with Gasteiger partial charge in [-0.15, -0.1) is 0 Å². The summed E-state index contributed by atoms with van der Waals surface area (Å²) in [5.74, 6) is -0.253. The number of aryl methyl sites for hydroxylation is 1. The first kappa shape index (κ1) is 14.0. The van der Waals surface area contributed by atoms with Crippen molar-refractivity contribution in [2.45, 2.75) is 13.5 Å². The first-order valence-corrected chi connectivity index (χ1v) is 5.93. The lowest BCUT2D eigenvalue weighted by molar-refractivity contribution is -0.385. The van der Waals surface area contributed by atoms with Crippen molar-refractivity contribution in [1.82, 2.24) is 0 Å². The molecule has 2 aromatic carbocycles. The minimum atomic E-state index is -0.545. The number of nitro benzene ring substituents is 1. The number of halogens is 1. The van der Waals surface area contributed by atoms with Gasteiger partial charge in [0.25, 0.3) is 0 Å². The van der Waals surface area contributed by atoms with Gasteiger partial charge in [0.05, 0.1) is 4.92 Å². The molecule has 0 aliphatic carbocycles. The second-order valence-electron chi connectivity index (χ2n) is 4.25. The summed E-state index contributed by atoms with van der Waals surface area (Å²) in [4.78, 5) is 10.4. The number of hydrogen-bond donors (Lipinski definition) is 1. The van der Waals surface area contributed by atoms with Crippen LogP contribution in [-0.2, 0) is 6.54 Å². The standard InChI is InChI=1S/C14H13FN2O3/c1-9-5-6-12(17(18)19)14(7-9)20-13-4-2-3-11(15)10(13)8-16/h2-7H,8,16H2,1H3. The molecule has 0 aromatic heterocycles. The Kier molecular flexibility index (Phi) is 3.95. The van der Waals surface area contributed by atoms with E-state index in [-0.39, 0.29) is 29.3 Å². The molecule has 5 nitrogen and oxygen atoms in total. The Morgan fingerprint density at radius 2 is 2.05 bits per heavy atom. The maximum absolute atomic E-state index is 13.6. The summed E-state index contributed by atoms with van der Waals surface area (Å²) in [6.45, 7) is 1.73. The second-order valence-corrected chi connectivity index (χ2v) is 4.25. The first-order valence-electron chi connectivity index (χ1n) is 5.93. The summed E-state index contributed by atoms with van der Waals surface area (Å²) in [6, 6.07) is 8.75. The van der Waals surface area contributed by atoms with Crippen molar-refractivity contribution in [2.24, 2.45) is 5.73 Å². The van der Waals surface area contributed by atoms with E-state index in [0.29, 0.717) is 0 Å². The minimum absolute atomic E-state index is 0.0539. The zero-order valence-corrected chi connectivity index (χ0v) is 10.8. The lowest BCUT2D eigenvalue weighted by atomic mass is 10.1. The highest BCUT2D eigenvalue weighted by Gasteiger charge is 2.17. The average Bonchev–Trinajstić information content (AvgIpc) is 2.38. The van der Waals surface area contributed by atoms with Crippen LogP contribution in [0.25, 0.3) is 0 Å². The Morgan fingerprint density at radius 1 is 1.30 bits per heavy atom. The number of nitrogens with zero attached hydrogens (tertiary/aromatic N) is 1. The minimum Gasteiger partial charge on any atom is -0.450 e. The van der Waals surface area contributed by atoms with Crippen LogP contribution in [0, 0.1) is 22.9 Å². The molecule has 2 aromatic rings. The van der Waals surface area contributed by atoms with Crippen LogP contribution in [0.15, 0.2) is 36.4 Å². The Labute approximate surface area is 114 Å². The molecule has 20 heavy (non-hydrogen) atoms. The molecule has 0 aliphatic rings. The molecule has 0 bridgehead atoms. The third-order valence-corrected chi connectivity index (χ3v) is 2.81. The summed E-state index contributed by atoms with van der Waals surface area (Å²) in [6.07, 6.45) is 0. The van der Waals surface area contributed by atoms with Crippen LogP contribution in [0.5, 0.6) is 11.5 Å². The fourth-order valence-corrected chi connectivity index (χ4v) is 1.80. The molecular formula is C14H13FN2O3. The Morgan fingerprint density at radius 3 is 2.70 bits per heavy atom. The zero-order chi connectivity index (χ0) is 14.7. The Balaban J connectivity index is 2.47. The van der Waals surface area contributed by atoms with Crippen LogP contribution in [0.1, 0.15) is 11.1 Å². The van der Waals surface area contributed by atoms with Gasteiger partial charge >= 0.3 is 5.69 Å². The summed E-state index contributed by atoms with van der Waals surface area (Å²) < 4.78 is 19.1. The van der Waals surface area contributed by atoms with Gasteiger partial charge < -0.3 is 10.5 Å². The van der Waals surface area contributed by atoms with Crippen molar-refractivity contribution in [2.75, 3.05) is 0 Å². The maximum atomic E-state index is 13.6. The van der Waals surface area contributed by atoms with Gasteiger partial charge in [0.15, 0.2) is 0 Å². The average molecular weight is 276 g/mol. The molecule has 2 rings (SSSR count). The molecule has 104 valence electrons. The molecule has 0 heterocycles. The zero-order valence-electron chi connectivity index (χ0n) is 10.8. The topological polar surface area (TPSA) is 78.4 Å². The van der Waals surface area contributed by atoms with Crippen LogP contribution >= 0.6 is 0 Å². The number of benzene rings is 2. The van der Waals surface area contributed by atoms with E-state index in [0.717, 1.165) is 5.56 Å². The van der Waals surface area contributed by atoms with Crippen LogP contribution < -0.4 is 10.5 Å². The molecule has 2 N–H and O–H groups in total. The Bertz CT molecular complexity index is 659. The third-order valence-electron chi connectivity index (χ3n) is 2.81. The lowest BCUT2D eigenvalue weighted by Crippen LogP contribution is -2.03. The van der Waals surface area contributed by atoms with Crippen LogP contribution in [-0.4, -0.2) is 4.92 Å². The molecule has 0 atom stereocenters. The number of hydrogen-bond acceptors (Lipinski definition) is 4. The largest absolute Gasteiger partial charge is 0.450 e. The first-order chi connectivity index (χ1) is 9.52. The van der Waals surface area contributed by atoms with Crippen molar-refractivity contribution >= 4 is 5.69 Å². The van der Waals surface area contributed by atoms with Crippen molar-refractivity contribution in [3.8, 4) is 11.5 Å². The molecule has 0 spiro atoms. The monoisotopic (exact) mass is 276 g/mol. The second kappa shape index (κ2) is 5.66. The van der Waals surface area contributed by atoms with E-state index in [1.807, 2.05) is 0 Å². The van der Waals surface area contributed by atoms with E-state index in [2.05, 4.69) is 0 Å². The van der Waals surface area contributed by atoms with Gasteiger partial charge in [-0.2, -0.15) is 0 Å². The van der Waals surface area contributed by atoms with Gasteiger partial charge in [-0.3, -0.25) is 10.1 Å². The van der Waals surface area contributed by atoms with Crippen molar-refractivity contribution in [3.63, 3.8) is 0 Å². The van der Waals surface area contributed by atoms with Gasteiger partial charge in [-0.1, -0.05) is 12.1 Å². The van der Waals surface area contributed by atoms with E-state index >= 15 is 0 Å². The highest BCUT2D eigenvalue weighted by atomic mass is 19.1. The van der Waals surface area contributed by atoms with Gasteiger partial charge in [0.2, 0.25) is 5.75 Å². The Hall–Kier alpha value is -2.47. The summed E-state index contributed by atoms with van der Waals surface area (Å²) in [5.41, 5.74) is 6.29. The van der Waals surface area contributed by atoms with E-state index in [1.54, 1.807) is 13.0 Å². The molecule has 0 unspecified atom stereocenters. The van der Waals surface area contributed by atoms with E-state index in [4.69, 9.17) is 10.5 Å². The predicted molar refractivity (Wildman–Crippen MR) is 72.2 cm³/mol. The molecule has 0 saturated heterocycles. The van der Waals surface area contributed by atoms with E-state index in [9.17, 15) is 14.5 Å². The normalized spacial score (nSPS) is 10.3.